The summed E-state index contributed by atoms with van der Waals surface area (Å²) in [6.07, 6.45) is 3.02. The minimum atomic E-state index is -3.93. The Morgan fingerprint density at radius 2 is 1.73 bits per heavy atom. The van der Waals surface area contributed by atoms with Crippen LogP contribution in [0, 0.1) is 17.3 Å². The third-order valence-corrected chi connectivity index (χ3v) is 12.2. The van der Waals surface area contributed by atoms with E-state index in [2.05, 4.69) is 21.9 Å². The highest BCUT2D eigenvalue weighted by molar-refractivity contribution is 7.91. The summed E-state index contributed by atoms with van der Waals surface area (Å²) in [6, 6.07) is 4.91. The number of ether oxygens (including phenoxy) is 2. The van der Waals surface area contributed by atoms with Gasteiger partial charge < -0.3 is 24.6 Å². The van der Waals surface area contributed by atoms with Gasteiger partial charge in [-0.25, -0.2) is 18.0 Å². The van der Waals surface area contributed by atoms with Crippen LogP contribution in [-0.4, -0.2) is 104 Å². The van der Waals surface area contributed by atoms with Gasteiger partial charge in [0.05, 0.1) is 36.1 Å². The van der Waals surface area contributed by atoms with Gasteiger partial charge in [0, 0.05) is 31.8 Å². The number of nitrogens with one attached hydrogen (secondary N) is 3. The standard InChI is InChI=1S/C36H49N5O10S/c1-6-22-20-36(22,33(46)39-52(48,49)24-14-15-24)38-30(43)28-18-23(51-34(47)37-27-13-9-8-12-25(27)32(45)50-5)21-41(28)31(44)26(35(2,3)4)19-29(42)40-16-10-7-11-17-40/h6,8-9,12-13,22-24,26,28H,1,7,10-11,14-21H2,2-5H3,(H,37,47)(H,38,43)(H,39,46)/t22-,23-,26-,28+,36-/m1/s1. The second-order valence-corrected chi connectivity index (χ2v) is 17.1. The molecule has 0 unspecified atom stereocenters. The van der Waals surface area contributed by atoms with Gasteiger partial charge in [-0.2, -0.15) is 0 Å². The Morgan fingerprint density at radius 1 is 1.06 bits per heavy atom. The molecule has 1 aromatic rings. The summed E-state index contributed by atoms with van der Waals surface area (Å²) in [6.45, 7) is 10.3. The predicted octanol–water partition coefficient (Wildman–Crippen LogP) is 2.73. The van der Waals surface area contributed by atoms with Crippen LogP contribution in [0.4, 0.5) is 10.5 Å². The van der Waals surface area contributed by atoms with Crippen LogP contribution in [0.15, 0.2) is 36.9 Å². The third kappa shape index (κ3) is 8.59. The van der Waals surface area contributed by atoms with E-state index in [0.717, 1.165) is 19.3 Å². The lowest BCUT2D eigenvalue weighted by molar-refractivity contribution is -0.148. The van der Waals surface area contributed by atoms with E-state index in [-0.39, 0.29) is 43.0 Å². The Hall–Kier alpha value is -4.47. The number of methoxy groups -OCH3 is 1. The summed E-state index contributed by atoms with van der Waals surface area (Å²) in [5.74, 6) is -4.37. The molecule has 15 nitrogen and oxygen atoms in total. The van der Waals surface area contributed by atoms with E-state index >= 15 is 0 Å². The van der Waals surface area contributed by atoms with Gasteiger partial charge in [0.25, 0.3) is 5.91 Å². The van der Waals surface area contributed by atoms with Crippen molar-refractivity contribution < 1.29 is 46.7 Å². The number of para-hydroxylation sites is 1. The Bertz CT molecular complexity index is 1720. The van der Waals surface area contributed by atoms with Gasteiger partial charge in [0.2, 0.25) is 27.7 Å². The molecular formula is C36H49N5O10S. The van der Waals surface area contributed by atoms with Crippen LogP contribution >= 0.6 is 0 Å². The molecule has 4 fully saturated rings. The fourth-order valence-corrected chi connectivity index (χ4v) is 8.34. The second-order valence-electron chi connectivity index (χ2n) is 15.2. The number of likely N-dealkylation sites (tertiary alicyclic amines) is 2. The Morgan fingerprint density at radius 3 is 2.33 bits per heavy atom. The van der Waals surface area contributed by atoms with Crippen molar-refractivity contribution in [1.82, 2.24) is 19.8 Å². The van der Waals surface area contributed by atoms with E-state index in [1.165, 1.54) is 30.2 Å². The maximum absolute atomic E-state index is 14.5. The molecule has 0 aromatic heterocycles. The summed E-state index contributed by atoms with van der Waals surface area (Å²) in [5.41, 5.74) is -2.10. The van der Waals surface area contributed by atoms with E-state index in [4.69, 9.17) is 9.47 Å². The molecule has 5 atom stereocenters. The first-order valence-corrected chi connectivity index (χ1v) is 19.3. The topological polar surface area (TPSA) is 198 Å². The molecule has 4 aliphatic rings. The molecule has 2 heterocycles. The molecule has 52 heavy (non-hydrogen) atoms. The zero-order chi connectivity index (χ0) is 38.0. The molecule has 2 saturated carbocycles. The first-order chi connectivity index (χ1) is 24.5. The van der Waals surface area contributed by atoms with Crippen LogP contribution < -0.4 is 15.4 Å². The van der Waals surface area contributed by atoms with Crippen molar-refractivity contribution >= 4 is 51.4 Å². The maximum Gasteiger partial charge on any atom is 0.411 e. The van der Waals surface area contributed by atoms with E-state index in [1.54, 1.807) is 17.0 Å². The quantitative estimate of drug-likeness (QED) is 0.212. The van der Waals surface area contributed by atoms with Crippen LogP contribution in [0.1, 0.15) is 82.5 Å². The number of hydrogen-bond acceptors (Lipinski definition) is 10. The fraction of sp³-hybridized carbons (Fsp3) is 0.611. The highest BCUT2D eigenvalue weighted by Crippen LogP contribution is 2.45. The van der Waals surface area contributed by atoms with Gasteiger partial charge in [-0.3, -0.25) is 29.2 Å². The number of amides is 5. The number of benzene rings is 1. The molecule has 2 aliphatic carbocycles. The Balaban J connectivity index is 1.38. The van der Waals surface area contributed by atoms with Crippen LogP contribution in [0.25, 0.3) is 0 Å². The summed E-state index contributed by atoms with van der Waals surface area (Å²) in [4.78, 5) is 83.9. The predicted molar refractivity (Wildman–Crippen MR) is 189 cm³/mol. The molecule has 2 aliphatic heterocycles. The number of esters is 1. The molecule has 0 radical (unpaired) electrons. The highest BCUT2D eigenvalue weighted by atomic mass is 32.2. The van der Waals surface area contributed by atoms with E-state index in [0.29, 0.717) is 25.9 Å². The monoisotopic (exact) mass is 743 g/mol. The Kier molecular flexibility index (Phi) is 11.4. The molecule has 5 rings (SSSR count). The lowest BCUT2D eigenvalue weighted by Crippen LogP contribution is -2.57. The highest BCUT2D eigenvalue weighted by Gasteiger charge is 2.62. The molecule has 0 spiro atoms. The smallest absolute Gasteiger partial charge is 0.411 e. The van der Waals surface area contributed by atoms with Crippen molar-refractivity contribution in [1.29, 1.82) is 0 Å². The largest absolute Gasteiger partial charge is 0.465 e. The zero-order valence-electron chi connectivity index (χ0n) is 30.1. The van der Waals surface area contributed by atoms with Crippen LogP contribution in [-0.2, 0) is 38.7 Å². The normalized spacial score (nSPS) is 25.0. The van der Waals surface area contributed by atoms with Crippen molar-refractivity contribution in [3.05, 3.63) is 42.5 Å². The molecule has 0 bridgehead atoms. The summed E-state index contributed by atoms with van der Waals surface area (Å²) < 4.78 is 37.9. The fourth-order valence-electron chi connectivity index (χ4n) is 6.98. The lowest BCUT2D eigenvalue weighted by atomic mass is 9.77. The number of rotatable bonds is 12. The van der Waals surface area contributed by atoms with Gasteiger partial charge >= 0.3 is 12.1 Å². The molecule has 3 N–H and O–H groups in total. The number of sulfonamides is 1. The van der Waals surface area contributed by atoms with E-state index in [1.807, 2.05) is 20.8 Å². The van der Waals surface area contributed by atoms with Gasteiger partial charge in [-0.05, 0) is 56.1 Å². The number of nitrogens with zero attached hydrogens (tertiary/aromatic N) is 2. The minimum absolute atomic E-state index is 0.0855. The summed E-state index contributed by atoms with van der Waals surface area (Å²) in [7, 11) is -2.72. The van der Waals surface area contributed by atoms with Crippen molar-refractivity contribution in [3.63, 3.8) is 0 Å². The van der Waals surface area contributed by atoms with Crippen LogP contribution in [0.3, 0.4) is 0 Å². The second kappa shape index (κ2) is 15.2. The molecule has 16 heteroatoms. The summed E-state index contributed by atoms with van der Waals surface area (Å²) in [5, 5.41) is 4.58. The Labute approximate surface area is 304 Å². The van der Waals surface area contributed by atoms with Gasteiger partial charge in [0.15, 0.2) is 0 Å². The van der Waals surface area contributed by atoms with Crippen molar-refractivity contribution in [3.8, 4) is 0 Å². The number of piperidine rings is 1. The number of hydrogen-bond donors (Lipinski definition) is 3. The minimum Gasteiger partial charge on any atom is -0.465 e. The first-order valence-electron chi connectivity index (χ1n) is 17.7. The number of carbonyl (C=O) groups excluding carboxylic acids is 6. The number of carbonyl (C=O) groups is 6. The maximum atomic E-state index is 14.5. The zero-order valence-corrected chi connectivity index (χ0v) is 31.0. The van der Waals surface area contributed by atoms with E-state index in [9.17, 15) is 37.2 Å². The van der Waals surface area contributed by atoms with E-state index < -0.39 is 80.0 Å². The molecule has 2 saturated heterocycles. The summed E-state index contributed by atoms with van der Waals surface area (Å²) >= 11 is 0. The number of anilines is 1. The first kappa shape index (κ1) is 38.8. The molecule has 1 aromatic carbocycles. The average Bonchev–Trinajstić information content (AvgIpc) is 4.03. The molecule has 5 amide bonds. The van der Waals surface area contributed by atoms with Crippen molar-refractivity contribution in [2.24, 2.45) is 17.3 Å². The van der Waals surface area contributed by atoms with Gasteiger partial charge in [-0.15, -0.1) is 6.58 Å². The SMILES string of the molecule is C=C[C@@H]1C[C@]1(NC(=O)[C@@H]1C[C@@H](OC(=O)Nc2ccccc2C(=O)OC)CN1C(=O)[C@@H](CC(=O)N1CCCCC1)C(C)(C)C)C(=O)NS(=O)(=O)C1CC1. The van der Waals surface area contributed by atoms with Crippen molar-refractivity contribution in [2.45, 2.75) is 95.1 Å². The molecular weight excluding hydrogens is 694 g/mol. The van der Waals surface area contributed by atoms with Gasteiger partial charge in [-0.1, -0.05) is 39.0 Å². The third-order valence-electron chi connectivity index (χ3n) is 10.4. The lowest BCUT2D eigenvalue weighted by Gasteiger charge is -2.36. The van der Waals surface area contributed by atoms with Crippen LogP contribution in [0.5, 0.6) is 0 Å². The van der Waals surface area contributed by atoms with Crippen molar-refractivity contribution in [2.75, 3.05) is 32.1 Å². The average molecular weight is 744 g/mol. The van der Waals surface area contributed by atoms with Crippen LogP contribution in [0.2, 0.25) is 0 Å². The molecule has 284 valence electrons. The van der Waals surface area contributed by atoms with Gasteiger partial charge in [0.1, 0.15) is 17.7 Å².